The van der Waals surface area contributed by atoms with E-state index < -0.39 is 5.60 Å². The molecule has 1 aromatic carbocycles. The van der Waals surface area contributed by atoms with Crippen LogP contribution < -0.4 is 4.74 Å². The molecule has 2 N–H and O–H groups in total. The van der Waals surface area contributed by atoms with Gasteiger partial charge >= 0.3 is 0 Å². The van der Waals surface area contributed by atoms with Gasteiger partial charge in [-0.15, -0.1) is 0 Å². The Labute approximate surface area is 137 Å². The van der Waals surface area contributed by atoms with Crippen molar-refractivity contribution >= 4 is 5.91 Å². The van der Waals surface area contributed by atoms with Crippen LogP contribution in [0.1, 0.15) is 44.0 Å². The fourth-order valence-corrected chi connectivity index (χ4v) is 3.19. The van der Waals surface area contributed by atoms with Crippen molar-refractivity contribution in [2.24, 2.45) is 11.8 Å². The molecule has 0 spiro atoms. The van der Waals surface area contributed by atoms with E-state index in [0.717, 1.165) is 6.42 Å². The van der Waals surface area contributed by atoms with Gasteiger partial charge in [-0.1, -0.05) is 13.8 Å². The highest BCUT2D eigenvalue weighted by molar-refractivity contribution is 5.95. The second kappa shape index (κ2) is 6.79. The molecule has 0 unspecified atom stereocenters. The average molecular weight is 321 g/mol. The van der Waals surface area contributed by atoms with Crippen LogP contribution in [0.3, 0.4) is 0 Å². The highest BCUT2D eigenvalue weighted by Gasteiger charge is 2.39. The summed E-state index contributed by atoms with van der Waals surface area (Å²) in [6.45, 7) is 7.20. The number of amides is 1. The molecule has 0 aliphatic carbocycles. The molecule has 1 saturated heterocycles. The molecule has 128 valence electrons. The summed E-state index contributed by atoms with van der Waals surface area (Å²) in [7, 11) is 1.46. The van der Waals surface area contributed by atoms with Gasteiger partial charge in [0.1, 0.15) is 0 Å². The van der Waals surface area contributed by atoms with Crippen molar-refractivity contribution < 1.29 is 19.7 Å². The molecule has 2 atom stereocenters. The van der Waals surface area contributed by atoms with E-state index in [1.54, 1.807) is 17.0 Å². The number of aromatic hydroxyl groups is 1. The van der Waals surface area contributed by atoms with Gasteiger partial charge < -0.3 is 19.8 Å². The monoisotopic (exact) mass is 321 g/mol. The zero-order valence-electron chi connectivity index (χ0n) is 14.4. The summed E-state index contributed by atoms with van der Waals surface area (Å²) >= 11 is 0. The first-order valence-electron chi connectivity index (χ1n) is 8.13. The van der Waals surface area contributed by atoms with Crippen molar-refractivity contribution in [3.05, 3.63) is 23.8 Å². The summed E-state index contributed by atoms with van der Waals surface area (Å²) in [5, 5.41) is 20.2. The highest BCUT2D eigenvalue weighted by atomic mass is 16.5. The molecule has 23 heavy (non-hydrogen) atoms. The predicted molar refractivity (Wildman–Crippen MR) is 88.7 cm³/mol. The number of ether oxygens (including phenoxy) is 1. The Kier molecular flexibility index (Phi) is 5.19. The lowest BCUT2D eigenvalue weighted by Crippen LogP contribution is -2.52. The molecule has 0 aromatic heterocycles. The minimum absolute atomic E-state index is 0.0170. The number of hydrogen-bond donors (Lipinski definition) is 2. The number of piperidine rings is 1. The van der Waals surface area contributed by atoms with Crippen LogP contribution in [0.4, 0.5) is 0 Å². The Morgan fingerprint density at radius 3 is 2.78 bits per heavy atom. The molecule has 5 nitrogen and oxygen atoms in total. The van der Waals surface area contributed by atoms with Gasteiger partial charge in [-0.3, -0.25) is 4.79 Å². The molecule has 1 fully saturated rings. The number of aliphatic hydroxyl groups is 1. The third-order valence-electron chi connectivity index (χ3n) is 4.68. The highest BCUT2D eigenvalue weighted by Crippen LogP contribution is 2.33. The number of phenolic OH excluding ortho intramolecular Hbond substituents is 1. The van der Waals surface area contributed by atoms with Crippen molar-refractivity contribution in [2.75, 3.05) is 20.2 Å². The smallest absolute Gasteiger partial charge is 0.254 e. The number of carbonyl (C=O) groups excluding carboxylic acids is 1. The molecule has 1 aromatic rings. The molecule has 0 saturated carbocycles. The molecular weight excluding hydrogens is 294 g/mol. The summed E-state index contributed by atoms with van der Waals surface area (Å²) in [5.41, 5.74) is -0.238. The third kappa shape index (κ3) is 3.96. The van der Waals surface area contributed by atoms with Crippen molar-refractivity contribution in [1.82, 2.24) is 4.90 Å². The van der Waals surface area contributed by atoms with Gasteiger partial charge in [0, 0.05) is 24.6 Å². The molecule has 1 heterocycles. The molecule has 2 rings (SSSR count). The van der Waals surface area contributed by atoms with Crippen LogP contribution in [-0.2, 0) is 0 Å². The summed E-state index contributed by atoms with van der Waals surface area (Å²) in [6, 6.07) is 4.63. The maximum atomic E-state index is 12.7. The topological polar surface area (TPSA) is 70.0 Å². The Bertz CT molecular complexity index is 568. The van der Waals surface area contributed by atoms with E-state index in [0.29, 0.717) is 36.7 Å². The second-order valence-electron chi connectivity index (χ2n) is 7.07. The van der Waals surface area contributed by atoms with E-state index in [1.807, 2.05) is 6.92 Å². The number of carbonyl (C=O) groups is 1. The summed E-state index contributed by atoms with van der Waals surface area (Å²) in [4.78, 5) is 14.5. The summed E-state index contributed by atoms with van der Waals surface area (Å²) in [5.74, 6) is 0.754. The minimum atomic E-state index is -0.728. The van der Waals surface area contributed by atoms with Crippen LogP contribution >= 0.6 is 0 Å². The van der Waals surface area contributed by atoms with Gasteiger partial charge in [0.15, 0.2) is 11.5 Å². The van der Waals surface area contributed by atoms with Crippen molar-refractivity contribution in [1.29, 1.82) is 0 Å². The predicted octanol–water partition coefficient (Wildman–Crippen LogP) is 2.66. The Balaban J connectivity index is 2.16. The van der Waals surface area contributed by atoms with Crippen LogP contribution in [0, 0.1) is 11.8 Å². The van der Waals surface area contributed by atoms with Gasteiger partial charge in [0.25, 0.3) is 5.91 Å². The first-order chi connectivity index (χ1) is 10.7. The minimum Gasteiger partial charge on any atom is -0.504 e. The number of hydrogen-bond acceptors (Lipinski definition) is 4. The number of benzene rings is 1. The number of nitrogens with zero attached hydrogens (tertiary/aromatic N) is 1. The number of rotatable bonds is 4. The van der Waals surface area contributed by atoms with Crippen molar-refractivity contribution in [3.63, 3.8) is 0 Å². The van der Waals surface area contributed by atoms with Gasteiger partial charge in [-0.25, -0.2) is 0 Å². The molecule has 0 bridgehead atoms. The first kappa shape index (κ1) is 17.6. The van der Waals surface area contributed by atoms with E-state index in [-0.39, 0.29) is 17.6 Å². The zero-order valence-corrected chi connectivity index (χ0v) is 14.4. The van der Waals surface area contributed by atoms with Crippen LogP contribution in [0.5, 0.6) is 11.5 Å². The van der Waals surface area contributed by atoms with Gasteiger partial charge in [0.05, 0.1) is 12.7 Å². The molecule has 1 aliphatic rings. The van der Waals surface area contributed by atoms with Crippen LogP contribution in [0.15, 0.2) is 18.2 Å². The zero-order chi connectivity index (χ0) is 17.2. The molecule has 0 radical (unpaired) electrons. The lowest BCUT2D eigenvalue weighted by molar-refractivity contribution is -0.0577. The maximum absolute atomic E-state index is 12.7. The maximum Gasteiger partial charge on any atom is 0.254 e. The van der Waals surface area contributed by atoms with E-state index in [2.05, 4.69) is 13.8 Å². The van der Waals surface area contributed by atoms with Crippen molar-refractivity contribution in [3.8, 4) is 11.5 Å². The molecule has 1 aliphatic heterocycles. The quantitative estimate of drug-likeness (QED) is 0.894. The van der Waals surface area contributed by atoms with Crippen LogP contribution in [-0.4, -0.2) is 46.8 Å². The number of likely N-dealkylation sites (tertiary alicyclic amines) is 1. The summed E-state index contributed by atoms with van der Waals surface area (Å²) < 4.78 is 5.07. The molecule has 5 heteroatoms. The average Bonchev–Trinajstić information content (AvgIpc) is 2.48. The van der Waals surface area contributed by atoms with E-state index >= 15 is 0 Å². The Morgan fingerprint density at radius 1 is 1.48 bits per heavy atom. The lowest BCUT2D eigenvalue weighted by atomic mass is 9.78. The SMILES string of the molecule is COc1cc(C(=O)N2CC[C@@](C)(O)[C@@H](CC(C)C)C2)ccc1O. The van der Waals surface area contributed by atoms with E-state index in [1.165, 1.54) is 13.2 Å². The van der Waals surface area contributed by atoms with Gasteiger partial charge in [-0.05, 0) is 43.9 Å². The number of methoxy groups -OCH3 is 1. The fourth-order valence-electron chi connectivity index (χ4n) is 3.19. The first-order valence-corrected chi connectivity index (χ1v) is 8.13. The van der Waals surface area contributed by atoms with Crippen LogP contribution in [0.25, 0.3) is 0 Å². The van der Waals surface area contributed by atoms with Crippen molar-refractivity contribution in [2.45, 2.75) is 39.2 Å². The largest absolute Gasteiger partial charge is 0.504 e. The summed E-state index contributed by atoms with van der Waals surface area (Å²) in [6.07, 6.45) is 1.46. The van der Waals surface area contributed by atoms with Crippen LogP contribution in [0.2, 0.25) is 0 Å². The Hall–Kier alpha value is -1.75. The number of phenols is 1. The normalized spacial score (nSPS) is 24.8. The molecule has 1 amide bonds. The second-order valence-corrected chi connectivity index (χ2v) is 7.07. The van der Waals surface area contributed by atoms with Gasteiger partial charge in [0.2, 0.25) is 0 Å². The third-order valence-corrected chi connectivity index (χ3v) is 4.68. The standard InChI is InChI=1S/C18H27NO4/c1-12(2)9-14-11-19(8-7-18(14,3)22)17(21)13-5-6-15(20)16(10-13)23-4/h5-6,10,12,14,20,22H,7-9,11H2,1-4H3/t14-,18+/m0/s1. The van der Waals surface area contributed by atoms with E-state index in [9.17, 15) is 15.0 Å². The lowest BCUT2D eigenvalue weighted by Gasteiger charge is -2.43. The van der Waals surface area contributed by atoms with Gasteiger partial charge in [-0.2, -0.15) is 0 Å². The molecular formula is C18H27NO4. The van der Waals surface area contributed by atoms with E-state index in [4.69, 9.17) is 4.74 Å². The fraction of sp³-hybridized carbons (Fsp3) is 0.611. The Morgan fingerprint density at radius 2 is 2.17 bits per heavy atom.